The van der Waals surface area contributed by atoms with Crippen molar-refractivity contribution in [3.05, 3.63) is 54.4 Å². The molecule has 1 aliphatic heterocycles. The van der Waals surface area contributed by atoms with E-state index in [2.05, 4.69) is 58.0 Å². The van der Waals surface area contributed by atoms with E-state index in [0.29, 0.717) is 0 Å². The molecule has 0 unspecified atom stereocenters. The first-order valence-electron chi connectivity index (χ1n) is 9.17. The van der Waals surface area contributed by atoms with E-state index in [1.807, 2.05) is 0 Å². The van der Waals surface area contributed by atoms with Gasteiger partial charge in [-0.3, -0.25) is 4.90 Å². The van der Waals surface area contributed by atoms with Gasteiger partial charge >= 0.3 is 0 Å². The molecule has 0 bridgehead atoms. The van der Waals surface area contributed by atoms with Crippen molar-refractivity contribution in [2.45, 2.75) is 38.3 Å². The van der Waals surface area contributed by atoms with Crippen LogP contribution in [0.15, 0.2) is 48.5 Å². The van der Waals surface area contributed by atoms with Crippen molar-refractivity contribution in [1.29, 1.82) is 0 Å². The molecule has 24 heavy (non-hydrogen) atoms. The van der Waals surface area contributed by atoms with Crippen LogP contribution in [0.4, 0.5) is 0 Å². The molecule has 0 radical (unpaired) electrons. The highest BCUT2D eigenvalue weighted by Gasteiger charge is 2.27. The monoisotopic (exact) mass is 317 g/mol. The fourth-order valence-electron chi connectivity index (χ4n) is 4.13. The Kier molecular flexibility index (Phi) is 3.41. The van der Waals surface area contributed by atoms with Crippen LogP contribution < -0.4 is 0 Å². The van der Waals surface area contributed by atoms with E-state index in [1.165, 1.54) is 54.8 Å². The third-order valence-corrected chi connectivity index (χ3v) is 5.76. The van der Waals surface area contributed by atoms with Crippen LogP contribution >= 0.6 is 0 Å². The van der Waals surface area contributed by atoms with Gasteiger partial charge in [-0.15, -0.1) is 0 Å². The number of nitrogens with zero attached hydrogens (tertiary/aromatic N) is 3. The Morgan fingerprint density at radius 1 is 0.875 bits per heavy atom. The normalized spacial score (nSPS) is 19.0. The lowest BCUT2D eigenvalue weighted by Gasteiger charge is -2.36. The fourth-order valence-corrected chi connectivity index (χ4v) is 4.13. The molecule has 0 amide bonds. The summed E-state index contributed by atoms with van der Waals surface area (Å²) in [5, 5.41) is 0. The minimum Gasteiger partial charge on any atom is -0.327 e. The van der Waals surface area contributed by atoms with Crippen molar-refractivity contribution in [3.63, 3.8) is 0 Å². The van der Waals surface area contributed by atoms with E-state index in [9.17, 15) is 0 Å². The van der Waals surface area contributed by atoms with Gasteiger partial charge in [0, 0.05) is 32.1 Å². The first-order valence-corrected chi connectivity index (χ1v) is 9.17. The van der Waals surface area contributed by atoms with Crippen LogP contribution in [0.25, 0.3) is 22.2 Å². The standard InChI is InChI=1S/C21H23N3/c1-2-5-16(6-3-1)17-9-10-20-19(15-17)22-21-11-12-23(13-14-24(20)21)18-7-4-8-18/h1-3,5-6,9-10,15,18H,4,7-8,11-14H2. The van der Waals surface area contributed by atoms with E-state index in [0.717, 1.165) is 24.5 Å². The van der Waals surface area contributed by atoms with Crippen molar-refractivity contribution in [1.82, 2.24) is 14.5 Å². The quantitative estimate of drug-likeness (QED) is 0.709. The minimum atomic E-state index is 0.838. The molecule has 1 fully saturated rings. The highest BCUT2D eigenvalue weighted by molar-refractivity contribution is 5.82. The molecule has 2 heterocycles. The highest BCUT2D eigenvalue weighted by Crippen LogP contribution is 2.29. The highest BCUT2D eigenvalue weighted by atomic mass is 15.2. The molecule has 0 spiro atoms. The lowest BCUT2D eigenvalue weighted by atomic mass is 9.91. The second-order valence-electron chi connectivity index (χ2n) is 7.12. The third kappa shape index (κ3) is 2.35. The van der Waals surface area contributed by atoms with Crippen LogP contribution in [0.5, 0.6) is 0 Å². The molecular formula is C21H23N3. The first kappa shape index (κ1) is 14.2. The van der Waals surface area contributed by atoms with Gasteiger partial charge < -0.3 is 4.57 Å². The zero-order valence-corrected chi connectivity index (χ0v) is 14.0. The van der Waals surface area contributed by atoms with E-state index in [4.69, 9.17) is 4.98 Å². The lowest BCUT2D eigenvalue weighted by molar-refractivity contribution is 0.130. The van der Waals surface area contributed by atoms with Crippen LogP contribution in [-0.4, -0.2) is 33.6 Å². The van der Waals surface area contributed by atoms with Gasteiger partial charge in [0.15, 0.2) is 0 Å². The van der Waals surface area contributed by atoms with E-state index < -0.39 is 0 Å². The number of aromatic nitrogens is 2. The number of hydrogen-bond acceptors (Lipinski definition) is 2. The summed E-state index contributed by atoms with van der Waals surface area (Å²) in [6.45, 7) is 3.41. The molecule has 5 rings (SSSR count). The maximum absolute atomic E-state index is 4.97. The smallest absolute Gasteiger partial charge is 0.111 e. The van der Waals surface area contributed by atoms with Crippen molar-refractivity contribution < 1.29 is 0 Å². The van der Waals surface area contributed by atoms with Crippen LogP contribution in [0.2, 0.25) is 0 Å². The molecule has 1 aliphatic carbocycles. The topological polar surface area (TPSA) is 21.1 Å². The van der Waals surface area contributed by atoms with Gasteiger partial charge in [-0.1, -0.05) is 42.8 Å². The summed E-state index contributed by atoms with van der Waals surface area (Å²) < 4.78 is 2.45. The Morgan fingerprint density at radius 2 is 1.75 bits per heavy atom. The lowest BCUT2D eigenvalue weighted by Crippen LogP contribution is -2.41. The molecule has 0 atom stereocenters. The maximum atomic E-state index is 4.97. The summed E-state index contributed by atoms with van der Waals surface area (Å²) in [4.78, 5) is 7.66. The summed E-state index contributed by atoms with van der Waals surface area (Å²) in [7, 11) is 0. The van der Waals surface area contributed by atoms with Crippen LogP contribution in [0.1, 0.15) is 25.1 Å². The van der Waals surface area contributed by atoms with Crippen molar-refractivity contribution in [2.24, 2.45) is 0 Å². The molecule has 3 aromatic rings. The second kappa shape index (κ2) is 5.75. The molecule has 3 heteroatoms. The Hall–Kier alpha value is -2.13. The van der Waals surface area contributed by atoms with E-state index >= 15 is 0 Å². The summed E-state index contributed by atoms with van der Waals surface area (Å²) in [6.07, 6.45) is 5.27. The Balaban J connectivity index is 1.48. The third-order valence-electron chi connectivity index (χ3n) is 5.76. The largest absolute Gasteiger partial charge is 0.327 e. The molecule has 2 aromatic carbocycles. The van der Waals surface area contributed by atoms with Gasteiger partial charge in [0.25, 0.3) is 0 Å². The minimum absolute atomic E-state index is 0.838. The number of benzene rings is 2. The fraction of sp³-hybridized carbons (Fsp3) is 0.381. The average molecular weight is 317 g/mol. The van der Waals surface area contributed by atoms with Gasteiger partial charge in [0.2, 0.25) is 0 Å². The summed E-state index contributed by atoms with van der Waals surface area (Å²) in [6, 6.07) is 18.2. The first-order chi connectivity index (χ1) is 11.9. The Morgan fingerprint density at radius 3 is 2.54 bits per heavy atom. The van der Waals surface area contributed by atoms with Crippen LogP contribution in [0, 0.1) is 0 Å². The van der Waals surface area contributed by atoms with E-state index in [-0.39, 0.29) is 0 Å². The van der Waals surface area contributed by atoms with Crippen molar-refractivity contribution in [2.75, 3.05) is 13.1 Å². The predicted molar refractivity (Wildman–Crippen MR) is 98.1 cm³/mol. The molecule has 3 nitrogen and oxygen atoms in total. The number of imidazole rings is 1. The maximum Gasteiger partial charge on any atom is 0.111 e. The molecular weight excluding hydrogens is 294 g/mol. The predicted octanol–water partition coefficient (Wildman–Crippen LogP) is 4.11. The molecule has 122 valence electrons. The SMILES string of the molecule is c1ccc(-c2ccc3c(c2)nc2n3CCN(C3CCC3)CC2)cc1. The second-order valence-corrected chi connectivity index (χ2v) is 7.12. The molecule has 1 saturated carbocycles. The van der Waals surface area contributed by atoms with Gasteiger partial charge in [-0.25, -0.2) is 4.98 Å². The number of hydrogen-bond donors (Lipinski definition) is 0. The zero-order valence-electron chi connectivity index (χ0n) is 14.0. The van der Waals surface area contributed by atoms with Crippen LogP contribution in [-0.2, 0) is 13.0 Å². The summed E-state index contributed by atoms with van der Waals surface area (Å²) in [5.41, 5.74) is 4.95. The Labute approximate surface area is 142 Å². The zero-order chi connectivity index (χ0) is 15.9. The number of rotatable bonds is 2. The van der Waals surface area contributed by atoms with Gasteiger partial charge in [-0.2, -0.15) is 0 Å². The van der Waals surface area contributed by atoms with Gasteiger partial charge in [-0.05, 0) is 36.1 Å². The molecule has 0 saturated heterocycles. The summed E-state index contributed by atoms with van der Waals surface area (Å²) in [5.74, 6) is 1.26. The number of fused-ring (bicyclic) bond motifs is 3. The average Bonchev–Trinajstić information content (AvgIpc) is 2.81. The van der Waals surface area contributed by atoms with Crippen molar-refractivity contribution in [3.8, 4) is 11.1 Å². The van der Waals surface area contributed by atoms with Crippen molar-refractivity contribution >= 4 is 11.0 Å². The van der Waals surface area contributed by atoms with E-state index in [1.54, 1.807) is 0 Å². The molecule has 0 N–H and O–H groups in total. The summed E-state index contributed by atoms with van der Waals surface area (Å²) >= 11 is 0. The van der Waals surface area contributed by atoms with Gasteiger partial charge in [0.1, 0.15) is 5.82 Å². The van der Waals surface area contributed by atoms with Gasteiger partial charge in [0.05, 0.1) is 11.0 Å². The van der Waals surface area contributed by atoms with Crippen LogP contribution in [0.3, 0.4) is 0 Å². The molecule has 2 aliphatic rings. The Bertz CT molecular complexity index is 861. The molecule has 1 aromatic heterocycles.